The molecular weight excluding hydrogens is 1350 g/mol. The van der Waals surface area contributed by atoms with Crippen molar-refractivity contribution < 1.29 is 91.0 Å². The number of aromatic amines is 1. The number of anilines is 5. The lowest BCUT2D eigenvalue weighted by atomic mass is 10.0. The Bertz CT molecular complexity index is 4440. The number of H-pyrrole nitrogens is 1. The standard InChI is InChI=1S/C14H16N2O6.C14H17NO4.C13H15NO3.2C11H12N2O4.C10H11NO/c1-8(17)15-5-4-10-13(15)9(7-12(18)21-2)6-11(16(19)20)14(10)22-3;1-9(16)15-7-6-11-12(18-2)5-4-10(14(11)15)8-13(17)19-3;1-8(15)10-4-5-12(17-3)11-6-7-14(9(2)16)13(10)11;1-7(14)12-6-5-8-10(17-2)4-3-9(11(8)12)13(15)16;1-7(14)12-6-5-8-9(12)3-4-10(13(15)16)11(8)17-2;1-7-3-4-9-8(5-6-11-9)10(7)12-2/h6H,4-5,7H2,1-3H3;4-5H,6-8H2,1-3H3;4-5H,6-7H2,1-3H3;2*3-4H,5-6H2,1-2H3;3-6,11H,1-2H3. The van der Waals surface area contributed by atoms with Gasteiger partial charge in [0.05, 0.1) is 107 Å². The summed E-state index contributed by atoms with van der Waals surface area (Å²) in [6.07, 6.45) is 5.02. The van der Waals surface area contributed by atoms with Crippen LogP contribution in [0.5, 0.6) is 34.5 Å². The summed E-state index contributed by atoms with van der Waals surface area (Å²) in [6.45, 7) is 13.5. The molecule has 0 spiro atoms. The first-order valence-electron chi connectivity index (χ1n) is 32.6. The van der Waals surface area contributed by atoms with Crippen LogP contribution < -0.4 is 52.9 Å². The van der Waals surface area contributed by atoms with Crippen LogP contribution in [0.25, 0.3) is 10.9 Å². The molecule has 0 unspecified atom stereocenters. The Kier molecular flexibility index (Phi) is 26.6. The van der Waals surface area contributed by atoms with E-state index in [-0.39, 0.29) is 82.7 Å². The summed E-state index contributed by atoms with van der Waals surface area (Å²) < 4.78 is 40.6. The Hall–Kier alpha value is -12.2. The van der Waals surface area contributed by atoms with Crippen LogP contribution >= 0.6 is 0 Å². The van der Waals surface area contributed by atoms with Gasteiger partial charge in [-0.2, -0.15) is 0 Å². The van der Waals surface area contributed by atoms with Crippen LogP contribution in [0.1, 0.15) is 96.4 Å². The molecule has 31 heteroatoms. The Morgan fingerprint density at radius 3 is 1.29 bits per heavy atom. The average molecular weight is 1440 g/mol. The van der Waals surface area contributed by atoms with Gasteiger partial charge in [0.25, 0.3) is 5.69 Å². The molecular formula is C73H83N9O22. The number of esters is 2. The molecule has 7 aromatic rings. The summed E-state index contributed by atoms with van der Waals surface area (Å²) in [5.74, 6) is 2.05. The summed E-state index contributed by atoms with van der Waals surface area (Å²) >= 11 is 0. The second-order valence-electron chi connectivity index (χ2n) is 23.8. The number of carbonyl (C=O) groups excluding carboxylic acids is 8. The van der Waals surface area contributed by atoms with Gasteiger partial charge in [0.2, 0.25) is 41.0 Å². The van der Waals surface area contributed by atoms with E-state index in [1.54, 1.807) is 60.3 Å². The molecule has 5 amide bonds. The number of hydrogen-bond acceptors (Lipinski definition) is 22. The molecule has 0 radical (unpaired) electrons. The summed E-state index contributed by atoms with van der Waals surface area (Å²) in [5, 5.41) is 34.2. The van der Waals surface area contributed by atoms with Crippen LogP contribution in [0.4, 0.5) is 45.5 Å². The molecule has 12 rings (SSSR count). The number of nitrogens with one attached hydrogen (secondary N) is 1. The lowest BCUT2D eigenvalue weighted by Gasteiger charge is -2.19. The van der Waals surface area contributed by atoms with Gasteiger partial charge >= 0.3 is 23.3 Å². The Morgan fingerprint density at radius 2 is 0.817 bits per heavy atom. The van der Waals surface area contributed by atoms with Crippen molar-refractivity contribution in [1.29, 1.82) is 0 Å². The zero-order chi connectivity index (χ0) is 76.7. The van der Waals surface area contributed by atoms with E-state index in [4.69, 9.17) is 33.2 Å². The molecule has 0 atom stereocenters. The predicted octanol–water partition coefficient (Wildman–Crippen LogP) is 9.86. The van der Waals surface area contributed by atoms with E-state index < -0.39 is 20.7 Å². The molecule has 31 nitrogen and oxygen atoms in total. The number of ketones is 1. The van der Waals surface area contributed by atoms with Crippen LogP contribution in [0.3, 0.4) is 0 Å². The Morgan fingerprint density at radius 1 is 0.413 bits per heavy atom. The van der Waals surface area contributed by atoms with E-state index in [0.29, 0.717) is 91.5 Å². The number of hydrogen-bond donors (Lipinski definition) is 1. The fourth-order valence-electron chi connectivity index (χ4n) is 13.2. The third-order valence-corrected chi connectivity index (χ3v) is 17.9. The number of ether oxygens (including phenoxy) is 8. The monoisotopic (exact) mass is 1440 g/mol. The Labute approximate surface area is 598 Å². The predicted molar refractivity (Wildman–Crippen MR) is 385 cm³/mol. The SMILES string of the molecule is COC(=O)Cc1cc([N+](=O)[O-])c(OC)c2c1N(C(C)=O)CC2.COC(=O)Cc1ccc(OC)c2c1N(C(C)=O)CC2.COc1c(C)ccc2[nH]ccc12.COc1c([N+](=O)[O-])ccc2c1CCN2C(C)=O.COc1ccc(C(C)=O)c2c1CCN2C(C)=O.COc1ccc([N+](=O)[O-])c2c1CCN2C(C)=O. The quantitative estimate of drug-likeness (QED) is 0.0458. The number of aryl methyl sites for hydroxylation is 1. The zero-order valence-electron chi connectivity index (χ0n) is 60.6. The first-order valence-corrected chi connectivity index (χ1v) is 32.6. The van der Waals surface area contributed by atoms with Crippen LogP contribution in [0.15, 0.2) is 79.0 Å². The molecule has 5 aliphatic heterocycles. The number of amides is 5. The zero-order valence-corrected chi connectivity index (χ0v) is 60.6. The van der Waals surface area contributed by atoms with Gasteiger partial charge in [-0.1, -0.05) is 12.1 Å². The third kappa shape index (κ3) is 17.1. The molecule has 1 aromatic heterocycles. The van der Waals surface area contributed by atoms with Crippen molar-refractivity contribution in [3.05, 3.63) is 159 Å². The van der Waals surface area contributed by atoms with Crippen molar-refractivity contribution in [3.63, 3.8) is 0 Å². The molecule has 104 heavy (non-hydrogen) atoms. The van der Waals surface area contributed by atoms with Crippen LogP contribution in [0.2, 0.25) is 0 Å². The minimum Gasteiger partial charge on any atom is -0.496 e. The van der Waals surface area contributed by atoms with E-state index in [2.05, 4.69) is 21.9 Å². The number of aromatic nitrogens is 1. The Balaban J connectivity index is 0.000000176. The minimum atomic E-state index is -0.559. The van der Waals surface area contributed by atoms with Gasteiger partial charge in [0, 0.05) is 136 Å². The fraction of sp³-hybridized carbons (Fsp3) is 0.370. The van der Waals surface area contributed by atoms with Crippen molar-refractivity contribution in [2.45, 2.75) is 93.4 Å². The normalized spacial score (nSPS) is 12.9. The molecule has 552 valence electrons. The van der Waals surface area contributed by atoms with Crippen molar-refractivity contribution in [3.8, 4) is 34.5 Å². The summed E-state index contributed by atoms with van der Waals surface area (Å²) in [4.78, 5) is 135. The number of carbonyl (C=O) groups is 8. The van der Waals surface area contributed by atoms with E-state index >= 15 is 0 Å². The minimum absolute atomic E-state index is 0.0295. The maximum absolute atomic E-state index is 11.8. The molecule has 0 aliphatic carbocycles. The lowest BCUT2D eigenvalue weighted by molar-refractivity contribution is -0.386. The van der Waals surface area contributed by atoms with Gasteiger partial charge in [-0.25, -0.2) is 0 Å². The first kappa shape index (κ1) is 79.1. The summed E-state index contributed by atoms with van der Waals surface area (Å²) in [7, 11) is 11.8. The maximum atomic E-state index is 11.8. The third-order valence-electron chi connectivity index (χ3n) is 17.9. The van der Waals surface area contributed by atoms with Gasteiger partial charge in [-0.05, 0) is 105 Å². The molecule has 0 saturated carbocycles. The maximum Gasteiger partial charge on any atom is 0.311 e. The second kappa shape index (κ2) is 34.9. The smallest absolute Gasteiger partial charge is 0.311 e. The van der Waals surface area contributed by atoms with E-state index in [0.717, 1.165) is 80.2 Å². The summed E-state index contributed by atoms with van der Waals surface area (Å²) in [5.41, 5.74) is 10.9. The number of nitro groups is 3. The van der Waals surface area contributed by atoms with Gasteiger partial charge in [-0.3, -0.25) is 68.7 Å². The van der Waals surface area contributed by atoms with Crippen LogP contribution in [-0.4, -0.2) is 157 Å². The van der Waals surface area contributed by atoms with Crippen LogP contribution in [0, 0.1) is 37.3 Å². The number of benzene rings is 6. The number of rotatable bonds is 14. The lowest BCUT2D eigenvalue weighted by Crippen LogP contribution is -2.27. The van der Waals surface area contributed by atoms with Crippen molar-refractivity contribution in [2.75, 3.05) is 114 Å². The number of nitrogens with zero attached hydrogens (tertiary/aromatic N) is 8. The van der Waals surface area contributed by atoms with Gasteiger partial charge in [-0.15, -0.1) is 0 Å². The van der Waals surface area contributed by atoms with Gasteiger partial charge in [0.1, 0.15) is 28.7 Å². The number of Topliss-reactive ketones (excluding diaryl/α,β-unsaturated/α-hetero) is 1. The molecule has 0 bridgehead atoms. The highest BCUT2D eigenvalue weighted by atomic mass is 16.6. The molecule has 6 heterocycles. The number of fused-ring (bicyclic) bond motifs is 6. The first-order chi connectivity index (χ1) is 49.5. The van der Waals surface area contributed by atoms with Crippen molar-refractivity contribution in [2.24, 2.45) is 0 Å². The molecule has 0 saturated heterocycles. The highest BCUT2D eigenvalue weighted by molar-refractivity contribution is 6.07. The highest BCUT2D eigenvalue weighted by Gasteiger charge is 2.37. The van der Waals surface area contributed by atoms with Crippen LogP contribution in [-0.2, 0) is 88.0 Å². The number of nitro benzene ring substituents is 3. The van der Waals surface area contributed by atoms with Crippen molar-refractivity contribution in [1.82, 2.24) is 4.98 Å². The molecule has 1 N–H and O–H groups in total. The topological polar surface area (TPSA) is 372 Å². The molecule has 6 aromatic carbocycles. The summed E-state index contributed by atoms with van der Waals surface area (Å²) in [6, 6.07) is 20.5. The fourth-order valence-corrected chi connectivity index (χ4v) is 13.2. The average Bonchev–Trinajstić information content (AvgIpc) is 1.59. The van der Waals surface area contributed by atoms with Gasteiger partial charge in [0.15, 0.2) is 5.78 Å². The second-order valence-corrected chi connectivity index (χ2v) is 23.8. The van der Waals surface area contributed by atoms with E-state index in [1.807, 2.05) is 31.3 Å². The van der Waals surface area contributed by atoms with E-state index in [9.17, 15) is 68.7 Å². The molecule has 0 fully saturated rings. The largest absolute Gasteiger partial charge is 0.496 e. The number of methoxy groups -OCH3 is 8. The van der Waals surface area contributed by atoms with E-state index in [1.165, 1.54) is 111 Å². The van der Waals surface area contributed by atoms with Crippen molar-refractivity contribution >= 4 is 104 Å². The highest BCUT2D eigenvalue weighted by Crippen LogP contribution is 2.47. The van der Waals surface area contributed by atoms with Gasteiger partial charge < -0.3 is 67.4 Å². The molecule has 5 aliphatic rings.